The number of carbonyl (C=O) groups excluding carboxylic acids is 1. The van der Waals surface area contributed by atoms with E-state index in [1.807, 2.05) is 17.0 Å². The van der Waals surface area contributed by atoms with Crippen LogP contribution in [0.15, 0.2) is 42.5 Å². The van der Waals surface area contributed by atoms with Crippen LogP contribution in [0.25, 0.3) is 5.57 Å². The Hall–Kier alpha value is -2.48. The Balaban J connectivity index is 0.980. The first-order valence-corrected chi connectivity index (χ1v) is 21.6. The molecule has 7 aliphatic rings. The molecule has 1 spiro atoms. The summed E-state index contributed by atoms with van der Waals surface area (Å²) in [5.41, 5.74) is 5.39. The van der Waals surface area contributed by atoms with Crippen LogP contribution >= 0.6 is 0 Å². The molecule has 9 atom stereocenters. The summed E-state index contributed by atoms with van der Waals surface area (Å²) in [5, 5.41) is 13.4. The second-order valence-electron chi connectivity index (χ2n) is 20.4. The van der Waals surface area contributed by atoms with Gasteiger partial charge in [-0.1, -0.05) is 65.0 Å². The van der Waals surface area contributed by atoms with Gasteiger partial charge in [0, 0.05) is 45.4 Å². The molecule has 1 aromatic rings. The average Bonchev–Trinajstić information content (AvgIpc) is 3.76. The molecule has 8 rings (SSSR count). The fourth-order valence-electron chi connectivity index (χ4n) is 15.1. The Kier molecular flexibility index (Phi) is 9.65. The summed E-state index contributed by atoms with van der Waals surface area (Å²) in [6, 6.07) is 7.61. The van der Waals surface area contributed by atoms with Crippen LogP contribution in [0, 0.1) is 56.7 Å². The predicted molar refractivity (Wildman–Crippen MR) is 214 cm³/mol. The van der Waals surface area contributed by atoms with E-state index < -0.39 is 11.8 Å². The van der Waals surface area contributed by atoms with E-state index in [0.717, 1.165) is 45.4 Å². The van der Waals surface area contributed by atoms with Gasteiger partial charge in [-0.2, -0.15) is 0 Å². The number of carboxylic acids is 1. The van der Waals surface area contributed by atoms with Crippen molar-refractivity contribution >= 4 is 17.4 Å². The molecule has 7 heteroatoms. The summed E-state index contributed by atoms with van der Waals surface area (Å²) in [6.45, 7) is 24.5. The Labute approximate surface area is 325 Å². The van der Waals surface area contributed by atoms with Gasteiger partial charge in [0.15, 0.2) is 5.79 Å². The van der Waals surface area contributed by atoms with Crippen molar-refractivity contribution in [3.8, 4) is 0 Å². The van der Waals surface area contributed by atoms with Crippen molar-refractivity contribution in [1.82, 2.24) is 10.2 Å². The summed E-state index contributed by atoms with van der Waals surface area (Å²) in [4.78, 5) is 26.9. The fraction of sp³-hybridized carbons (Fsp3) is 0.745. The fourth-order valence-corrected chi connectivity index (χ4v) is 15.1. The average molecular weight is 741 g/mol. The molecule has 0 aromatic heterocycles. The summed E-state index contributed by atoms with van der Waals surface area (Å²) in [7, 11) is 0. The highest BCUT2D eigenvalue weighted by atomic mass is 16.7. The lowest BCUT2D eigenvalue weighted by atomic mass is 9.32. The third-order valence-electron chi connectivity index (χ3n) is 17.9. The quantitative estimate of drug-likeness (QED) is 0.204. The molecule has 7 nitrogen and oxygen atoms in total. The Morgan fingerprint density at radius 3 is 2.24 bits per heavy atom. The zero-order chi connectivity index (χ0) is 38.3. The monoisotopic (exact) mass is 741 g/mol. The first-order valence-electron chi connectivity index (χ1n) is 21.6. The Bertz CT molecular complexity index is 1670. The molecule has 6 fully saturated rings. The van der Waals surface area contributed by atoms with Gasteiger partial charge < -0.3 is 24.8 Å². The van der Waals surface area contributed by atoms with Crippen molar-refractivity contribution in [3.05, 3.63) is 53.6 Å². The lowest BCUT2D eigenvalue weighted by Crippen LogP contribution is -2.65. The summed E-state index contributed by atoms with van der Waals surface area (Å²) in [6.07, 6.45) is 16.0. The SMILES string of the molecule is C=C(C)C1CCC2(CNCCC(=O)N3CCC4(CC3)OCCO4)CCC3(C)C(CCC4C5(C)CC=C(c6ccc(C(=O)O)cc6)C(C)(C)C5CCC43C)C12. The van der Waals surface area contributed by atoms with Gasteiger partial charge in [0.2, 0.25) is 5.91 Å². The number of nitrogens with one attached hydrogen (secondary N) is 1. The van der Waals surface area contributed by atoms with Crippen molar-refractivity contribution in [2.75, 3.05) is 39.4 Å². The number of ether oxygens (including phenoxy) is 2. The number of amides is 1. The van der Waals surface area contributed by atoms with Gasteiger partial charge in [0.1, 0.15) is 0 Å². The molecule has 1 aromatic carbocycles. The molecular weight excluding hydrogens is 673 g/mol. The lowest BCUT2D eigenvalue weighted by molar-refractivity contribution is -0.225. The highest BCUT2D eigenvalue weighted by Gasteiger charge is 2.70. The van der Waals surface area contributed by atoms with E-state index in [1.54, 1.807) is 12.1 Å². The molecule has 2 aliphatic heterocycles. The smallest absolute Gasteiger partial charge is 0.335 e. The molecule has 54 heavy (non-hydrogen) atoms. The minimum Gasteiger partial charge on any atom is -0.478 e. The Morgan fingerprint density at radius 1 is 0.870 bits per heavy atom. The third-order valence-corrected chi connectivity index (χ3v) is 17.9. The molecule has 0 radical (unpaired) electrons. The van der Waals surface area contributed by atoms with E-state index in [9.17, 15) is 14.7 Å². The number of piperidine rings is 1. The van der Waals surface area contributed by atoms with Crippen molar-refractivity contribution < 1.29 is 24.2 Å². The van der Waals surface area contributed by atoms with E-state index in [-0.39, 0.29) is 33.0 Å². The van der Waals surface area contributed by atoms with E-state index >= 15 is 0 Å². The predicted octanol–water partition coefficient (Wildman–Crippen LogP) is 9.38. The number of aromatic carboxylic acids is 1. The van der Waals surface area contributed by atoms with Gasteiger partial charge in [0.25, 0.3) is 0 Å². The van der Waals surface area contributed by atoms with Gasteiger partial charge in [0.05, 0.1) is 18.8 Å². The number of carbonyl (C=O) groups is 2. The maximum absolute atomic E-state index is 13.3. The maximum Gasteiger partial charge on any atom is 0.335 e. The molecular formula is C47H68N2O5. The van der Waals surface area contributed by atoms with Gasteiger partial charge in [-0.05, 0) is 145 Å². The Morgan fingerprint density at radius 2 is 1.57 bits per heavy atom. The highest BCUT2D eigenvalue weighted by molar-refractivity contribution is 5.88. The molecule has 0 bridgehead atoms. The van der Waals surface area contributed by atoms with Crippen LogP contribution in [0.1, 0.15) is 135 Å². The zero-order valence-electron chi connectivity index (χ0n) is 34.2. The number of allylic oxidation sites excluding steroid dienone is 3. The van der Waals surface area contributed by atoms with Crippen LogP contribution in [-0.4, -0.2) is 67.1 Å². The van der Waals surface area contributed by atoms with Crippen LogP contribution in [0.4, 0.5) is 0 Å². The van der Waals surface area contributed by atoms with Crippen LogP contribution < -0.4 is 5.32 Å². The number of fused-ring (bicyclic) bond motifs is 7. The number of benzene rings is 1. The second-order valence-corrected chi connectivity index (χ2v) is 20.4. The van der Waals surface area contributed by atoms with E-state index in [2.05, 4.69) is 59.5 Å². The minimum atomic E-state index is -0.866. The number of rotatable bonds is 8. The van der Waals surface area contributed by atoms with Crippen molar-refractivity contribution in [2.45, 2.75) is 124 Å². The van der Waals surface area contributed by atoms with E-state index in [4.69, 9.17) is 9.47 Å². The van der Waals surface area contributed by atoms with Gasteiger partial charge in [-0.25, -0.2) is 4.79 Å². The lowest BCUT2D eigenvalue weighted by Gasteiger charge is -2.72. The molecule has 9 unspecified atom stereocenters. The maximum atomic E-state index is 13.3. The van der Waals surface area contributed by atoms with Crippen LogP contribution in [-0.2, 0) is 14.3 Å². The summed E-state index contributed by atoms with van der Waals surface area (Å²) >= 11 is 0. The minimum absolute atomic E-state index is 0.0110. The molecule has 1 amide bonds. The van der Waals surface area contributed by atoms with Crippen LogP contribution in [0.3, 0.4) is 0 Å². The van der Waals surface area contributed by atoms with E-state index in [0.29, 0.717) is 54.8 Å². The van der Waals surface area contributed by atoms with E-state index in [1.165, 1.54) is 68.1 Å². The first kappa shape index (κ1) is 38.4. The standard InChI is InChI=1S/C47H68N2O5/c1-31(2)34-14-20-46(30-48-25-17-39(50)49-26-23-47(24-27-49)53-28-29-54-47)22-21-44(6)36(40(34)46)12-13-38-43(5)18-15-35(32-8-10-33(11-9-32)41(51)52)42(3,4)37(43)16-19-45(38,44)7/h8-11,15,34,36-38,40,48H,1,12-14,16-30H2,2-7H3,(H,51,52). The molecule has 296 valence electrons. The third kappa shape index (κ3) is 5.82. The largest absolute Gasteiger partial charge is 0.478 e. The van der Waals surface area contributed by atoms with Gasteiger partial charge >= 0.3 is 5.97 Å². The van der Waals surface area contributed by atoms with Crippen molar-refractivity contribution in [2.24, 2.45) is 56.7 Å². The first-order chi connectivity index (χ1) is 25.6. The summed E-state index contributed by atoms with van der Waals surface area (Å²) < 4.78 is 11.8. The number of hydrogen-bond donors (Lipinski definition) is 2. The normalized spacial score (nSPS) is 40.6. The van der Waals surface area contributed by atoms with Gasteiger partial charge in [-0.15, -0.1) is 0 Å². The molecule has 4 saturated carbocycles. The number of nitrogens with zero attached hydrogens (tertiary/aromatic N) is 1. The zero-order valence-corrected chi connectivity index (χ0v) is 34.2. The molecule has 5 aliphatic carbocycles. The summed E-state index contributed by atoms with van der Waals surface area (Å²) in [5.74, 6) is 2.13. The number of carboxylic acid groups (broad SMARTS) is 1. The van der Waals surface area contributed by atoms with Crippen molar-refractivity contribution in [3.63, 3.8) is 0 Å². The van der Waals surface area contributed by atoms with Crippen LogP contribution in [0.2, 0.25) is 0 Å². The topological polar surface area (TPSA) is 88.1 Å². The number of likely N-dealkylation sites (tertiary alicyclic amines) is 1. The van der Waals surface area contributed by atoms with Crippen LogP contribution in [0.5, 0.6) is 0 Å². The number of hydrogen-bond acceptors (Lipinski definition) is 5. The molecule has 2 heterocycles. The highest BCUT2D eigenvalue weighted by Crippen LogP contribution is 2.77. The molecule has 2 N–H and O–H groups in total. The molecule has 2 saturated heterocycles. The van der Waals surface area contributed by atoms with Crippen molar-refractivity contribution in [1.29, 1.82) is 0 Å². The van der Waals surface area contributed by atoms with Gasteiger partial charge in [-0.3, -0.25) is 4.79 Å². The second kappa shape index (κ2) is 13.6.